The van der Waals surface area contributed by atoms with Crippen molar-refractivity contribution in [1.29, 1.82) is 0 Å². The zero-order valence-electron chi connectivity index (χ0n) is 9.95. The van der Waals surface area contributed by atoms with Crippen LogP contribution in [0.4, 0.5) is 0 Å². The van der Waals surface area contributed by atoms with Crippen molar-refractivity contribution in [2.24, 2.45) is 5.92 Å². The van der Waals surface area contributed by atoms with E-state index in [1.807, 2.05) is 13.8 Å². The van der Waals surface area contributed by atoms with Crippen LogP contribution in [0.3, 0.4) is 0 Å². The number of hydrogen-bond donors (Lipinski definition) is 1. The van der Waals surface area contributed by atoms with Crippen molar-refractivity contribution < 1.29 is 8.42 Å². The van der Waals surface area contributed by atoms with Gasteiger partial charge in [0.2, 0.25) is 10.0 Å². The molecule has 3 nitrogen and oxygen atoms in total. The summed E-state index contributed by atoms with van der Waals surface area (Å²) in [7, 11) is -3.50. The molecule has 1 N–H and O–H groups in total. The Bertz CT molecular complexity index is 522. The largest absolute Gasteiger partial charge is 0.240 e. The van der Waals surface area contributed by atoms with Gasteiger partial charge in [0.15, 0.2) is 0 Å². The molecular weight excluding hydrogens is 452 g/mol. The van der Waals surface area contributed by atoms with Crippen molar-refractivity contribution in [3.05, 3.63) is 27.7 Å². The second-order valence-corrected chi connectivity index (χ2v) is 8.06. The molecule has 0 heterocycles. The summed E-state index contributed by atoms with van der Waals surface area (Å²) < 4.78 is 28.4. The average Bonchev–Trinajstić information content (AvgIpc) is 2.29. The van der Waals surface area contributed by atoms with Crippen molar-refractivity contribution >= 4 is 60.1 Å². The Balaban J connectivity index is 3.02. The number of nitrogens with one attached hydrogen (secondary N) is 1. The van der Waals surface area contributed by atoms with Crippen LogP contribution in [0.25, 0.3) is 0 Å². The maximum Gasteiger partial charge on any atom is 0.240 e. The predicted octanol–water partition coefficient (Wildman–Crippen LogP) is 3.84. The molecule has 0 aliphatic heterocycles. The molecule has 102 valence electrons. The highest BCUT2D eigenvalue weighted by Gasteiger charge is 2.22. The van der Waals surface area contributed by atoms with E-state index in [9.17, 15) is 8.42 Å². The third-order valence-electron chi connectivity index (χ3n) is 2.48. The lowest BCUT2D eigenvalue weighted by Crippen LogP contribution is -2.39. The lowest BCUT2D eigenvalue weighted by molar-refractivity contribution is 0.486. The van der Waals surface area contributed by atoms with E-state index in [2.05, 4.69) is 43.2 Å². The molecule has 0 fully saturated rings. The lowest BCUT2D eigenvalue weighted by atomic mass is 10.1. The maximum absolute atomic E-state index is 12.2. The van der Waals surface area contributed by atoms with Gasteiger partial charge in [-0.2, -0.15) is 0 Å². The average molecular weight is 467 g/mol. The van der Waals surface area contributed by atoms with E-state index in [4.69, 9.17) is 11.6 Å². The number of sulfonamides is 1. The summed E-state index contributed by atoms with van der Waals surface area (Å²) in [6.45, 7) is 3.98. The Morgan fingerprint density at radius 1 is 1.44 bits per heavy atom. The minimum Gasteiger partial charge on any atom is -0.207 e. The van der Waals surface area contributed by atoms with Gasteiger partial charge in [-0.3, -0.25) is 0 Å². The fourth-order valence-electron chi connectivity index (χ4n) is 1.26. The van der Waals surface area contributed by atoms with Crippen LogP contribution in [-0.4, -0.2) is 18.9 Å². The summed E-state index contributed by atoms with van der Waals surface area (Å²) in [6.07, 6.45) is 0. The molecule has 0 aliphatic carbocycles. The first-order valence-corrected chi connectivity index (χ1v) is 9.49. The maximum atomic E-state index is 12.2. The van der Waals surface area contributed by atoms with Crippen LogP contribution in [-0.2, 0) is 10.0 Å². The summed E-state index contributed by atoms with van der Waals surface area (Å²) in [5.74, 6) is 0.243. The number of benzene rings is 1. The zero-order chi connectivity index (χ0) is 13.9. The Morgan fingerprint density at radius 3 is 2.50 bits per heavy atom. The van der Waals surface area contributed by atoms with Crippen molar-refractivity contribution in [2.45, 2.75) is 24.8 Å². The molecule has 18 heavy (non-hydrogen) atoms. The zero-order valence-corrected chi connectivity index (χ0v) is 15.3. The van der Waals surface area contributed by atoms with E-state index in [1.165, 1.54) is 12.1 Å². The highest BCUT2D eigenvalue weighted by molar-refractivity contribution is 14.1. The van der Waals surface area contributed by atoms with Gasteiger partial charge in [0.1, 0.15) is 0 Å². The topological polar surface area (TPSA) is 46.2 Å². The van der Waals surface area contributed by atoms with Crippen LogP contribution in [0.15, 0.2) is 27.6 Å². The van der Waals surface area contributed by atoms with Crippen LogP contribution in [0, 0.1) is 5.92 Å². The summed E-state index contributed by atoms with van der Waals surface area (Å²) in [5, 5.41) is 0.489. The molecule has 0 radical (unpaired) electrons. The van der Waals surface area contributed by atoms with Crippen molar-refractivity contribution in [1.82, 2.24) is 4.72 Å². The van der Waals surface area contributed by atoms with Crippen LogP contribution in [0.1, 0.15) is 13.8 Å². The number of rotatable bonds is 5. The van der Waals surface area contributed by atoms with Gasteiger partial charge in [0, 0.05) is 14.9 Å². The van der Waals surface area contributed by atoms with Gasteiger partial charge in [-0.25, -0.2) is 13.1 Å². The molecule has 0 saturated heterocycles. The van der Waals surface area contributed by atoms with E-state index in [-0.39, 0.29) is 16.9 Å². The molecule has 0 spiro atoms. The molecule has 1 aromatic rings. The molecule has 1 unspecified atom stereocenters. The third-order valence-corrected chi connectivity index (χ3v) is 6.13. The Morgan fingerprint density at radius 2 is 2.06 bits per heavy atom. The fraction of sp³-hybridized carbons (Fsp3) is 0.455. The quantitative estimate of drug-likeness (QED) is 0.530. The summed E-state index contributed by atoms with van der Waals surface area (Å²) in [5.41, 5.74) is 0. The molecule has 0 bridgehead atoms. The van der Waals surface area contributed by atoms with Crippen molar-refractivity contribution in [3.63, 3.8) is 0 Å². The Labute approximate surface area is 135 Å². The van der Waals surface area contributed by atoms with Gasteiger partial charge < -0.3 is 0 Å². The predicted molar refractivity (Wildman–Crippen MR) is 87.0 cm³/mol. The molecule has 1 rings (SSSR count). The molecule has 7 heteroatoms. The highest BCUT2D eigenvalue weighted by Crippen LogP contribution is 2.25. The normalized spacial score (nSPS) is 13.9. The minimum atomic E-state index is -3.50. The molecule has 0 aliphatic rings. The molecular formula is C11H14BrClINO2S. The van der Waals surface area contributed by atoms with Gasteiger partial charge in [0.05, 0.1) is 9.92 Å². The van der Waals surface area contributed by atoms with Crippen LogP contribution < -0.4 is 4.72 Å². The fourth-order valence-corrected chi connectivity index (χ4v) is 4.85. The Hall–Kier alpha value is 0.630. The number of alkyl halides is 1. The summed E-state index contributed by atoms with van der Waals surface area (Å²) in [6, 6.07) is 4.49. The minimum absolute atomic E-state index is 0.0787. The van der Waals surface area contributed by atoms with Gasteiger partial charge in [-0.05, 0) is 40.0 Å². The first-order chi connectivity index (χ1) is 8.27. The third kappa shape index (κ3) is 4.33. The first-order valence-electron chi connectivity index (χ1n) is 5.31. The van der Waals surface area contributed by atoms with Crippen LogP contribution in [0.5, 0.6) is 0 Å². The Kier molecular flexibility index (Phi) is 6.37. The SMILES string of the molecule is CC(C)C(CI)NS(=O)(=O)c1ccc(Cl)c(Br)c1. The standard InChI is InChI=1S/C11H14BrClINO2S/c1-7(2)11(6-14)15-18(16,17)8-3-4-10(13)9(12)5-8/h3-5,7,11,15H,6H2,1-2H3. The lowest BCUT2D eigenvalue weighted by Gasteiger charge is -2.20. The first kappa shape index (κ1) is 16.7. The molecule has 0 amide bonds. The van der Waals surface area contributed by atoms with E-state index >= 15 is 0 Å². The van der Waals surface area contributed by atoms with Crippen LogP contribution in [0.2, 0.25) is 5.02 Å². The number of halogens is 3. The van der Waals surface area contributed by atoms with Crippen molar-refractivity contribution in [3.8, 4) is 0 Å². The molecule has 1 atom stereocenters. The highest BCUT2D eigenvalue weighted by atomic mass is 127. The van der Waals surface area contributed by atoms with E-state index in [0.717, 1.165) is 4.43 Å². The van der Waals surface area contributed by atoms with E-state index in [0.29, 0.717) is 9.50 Å². The molecule has 0 aromatic heterocycles. The van der Waals surface area contributed by atoms with Gasteiger partial charge in [-0.1, -0.05) is 48.0 Å². The second-order valence-electron chi connectivity index (χ2n) is 4.20. The van der Waals surface area contributed by atoms with Gasteiger partial charge >= 0.3 is 0 Å². The second kappa shape index (κ2) is 6.88. The molecule has 1 aromatic carbocycles. The van der Waals surface area contributed by atoms with E-state index < -0.39 is 10.0 Å². The van der Waals surface area contributed by atoms with E-state index in [1.54, 1.807) is 6.07 Å². The molecule has 0 saturated carbocycles. The monoisotopic (exact) mass is 465 g/mol. The smallest absolute Gasteiger partial charge is 0.207 e. The van der Waals surface area contributed by atoms with Gasteiger partial charge in [-0.15, -0.1) is 0 Å². The summed E-state index contributed by atoms with van der Waals surface area (Å²) in [4.78, 5) is 0.217. The number of hydrogen-bond acceptors (Lipinski definition) is 2. The van der Waals surface area contributed by atoms with Gasteiger partial charge in [0.25, 0.3) is 0 Å². The summed E-state index contributed by atoms with van der Waals surface area (Å²) >= 11 is 11.3. The van der Waals surface area contributed by atoms with Crippen LogP contribution >= 0.6 is 50.1 Å². The van der Waals surface area contributed by atoms with Crippen molar-refractivity contribution in [2.75, 3.05) is 4.43 Å².